The Hall–Kier alpha value is -2.96. The zero-order chi connectivity index (χ0) is 21.6. The van der Waals surface area contributed by atoms with Gasteiger partial charge in [0.2, 0.25) is 0 Å². The molecule has 2 amide bonds. The van der Waals surface area contributed by atoms with Crippen molar-refractivity contribution in [3.63, 3.8) is 0 Å². The van der Waals surface area contributed by atoms with Gasteiger partial charge in [-0.2, -0.15) is 0 Å². The molecule has 1 aliphatic rings. The number of carbonyl (C=O) groups excluding carboxylic acids is 2. The van der Waals surface area contributed by atoms with Crippen molar-refractivity contribution in [2.45, 2.75) is 32.4 Å². The van der Waals surface area contributed by atoms with E-state index in [0.717, 1.165) is 25.9 Å². The molecule has 31 heavy (non-hydrogen) atoms. The van der Waals surface area contributed by atoms with Crippen LogP contribution in [0.4, 0.5) is 5.69 Å². The van der Waals surface area contributed by atoms with Gasteiger partial charge in [0.05, 0.1) is 4.88 Å². The van der Waals surface area contributed by atoms with E-state index in [2.05, 4.69) is 46.7 Å². The van der Waals surface area contributed by atoms with Crippen LogP contribution in [0.1, 0.15) is 44.5 Å². The minimum atomic E-state index is -0.163. The van der Waals surface area contributed by atoms with Crippen LogP contribution in [0.25, 0.3) is 0 Å². The number of carbonyl (C=O) groups is 2. The lowest BCUT2D eigenvalue weighted by Gasteiger charge is -2.35. The number of rotatable bonds is 7. The molecule has 0 bridgehead atoms. The molecule has 160 valence electrons. The highest BCUT2D eigenvalue weighted by Gasteiger charge is 2.22. The number of hydrogen-bond acceptors (Lipinski definition) is 4. The average molecular weight is 434 g/mol. The number of thiophene rings is 1. The topological polar surface area (TPSA) is 61.4 Å². The van der Waals surface area contributed by atoms with Gasteiger partial charge in [0.1, 0.15) is 0 Å². The highest BCUT2D eigenvalue weighted by Crippen LogP contribution is 2.21. The first-order valence-electron chi connectivity index (χ1n) is 10.7. The van der Waals surface area contributed by atoms with Gasteiger partial charge in [-0.05, 0) is 53.6 Å². The first-order valence-corrected chi connectivity index (χ1v) is 11.6. The third-order valence-electron chi connectivity index (χ3n) is 5.77. The monoisotopic (exact) mass is 433 g/mol. The van der Waals surface area contributed by atoms with Crippen molar-refractivity contribution in [1.29, 1.82) is 0 Å². The van der Waals surface area contributed by atoms with Crippen molar-refractivity contribution in [3.8, 4) is 0 Å². The number of fused-ring (bicyclic) bond motifs is 1. The van der Waals surface area contributed by atoms with Crippen molar-refractivity contribution in [3.05, 3.63) is 87.6 Å². The molecule has 6 heteroatoms. The van der Waals surface area contributed by atoms with E-state index in [4.69, 9.17) is 0 Å². The molecule has 1 atom stereocenters. The lowest BCUT2D eigenvalue weighted by atomic mass is 9.98. The minimum absolute atomic E-state index is 0.122. The minimum Gasteiger partial charge on any atom is -0.350 e. The van der Waals surface area contributed by atoms with Gasteiger partial charge in [0.25, 0.3) is 11.8 Å². The summed E-state index contributed by atoms with van der Waals surface area (Å²) in [6.07, 6.45) is 2.02. The predicted molar refractivity (Wildman–Crippen MR) is 126 cm³/mol. The quantitative estimate of drug-likeness (QED) is 0.574. The van der Waals surface area contributed by atoms with Crippen molar-refractivity contribution < 1.29 is 9.59 Å². The predicted octanol–water partition coefficient (Wildman–Crippen LogP) is 4.57. The number of nitrogens with zero attached hydrogens (tertiary/aromatic N) is 1. The molecule has 0 spiro atoms. The molecule has 2 N–H and O–H groups in total. The molecule has 5 nitrogen and oxygen atoms in total. The third-order valence-corrected chi connectivity index (χ3v) is 6.64. The Bertz CT molecular complexity index is 1050. The van der Waals surface area contributed by atoms with Gasteiger partial charge in [-0.25, -0.2) is 0 Å². The van der Waals surface area contributed by atoms with E-state index in [1.165, 1.54) is 22.5 Å². The van der Waals surface area contributed by atoms with Gasteiger partial charge < -0.3 is 10.6 Å². The summed E-state index contributed by atoms with van der Waals surface area (Å²) in [4.78, 5) is 28.1. The molecule has 4 rings (SSSR count). The van der Waals surface area contributed by atoms with E-state index in [1.54, 1.807) is 30.3 Å². The summed E-state index contributed by atoms with van der Waals surface area (Å²) in [6.45, 7) is 4.70. The van der Waals surface area contributed by atoms with Crippen molar-refractivity contribution in [2.24, 2.45) is 0 Å². The van der Waals surface area contributed by atoms with Crippen LogP contribution in [0.2, 0.25) is 0 Å². The van der Waals surface area contributed by atoms with E-state index in [9.17, 15) is 9.59 Å². The van der Waals surface area contributed by atoms with Gasteiger partial charge in [-0.3, -0.25) is 14.5 Å². The molecule has 1 aliphatic heterocycles. The fourth-order valence-electron chi connectivity index (χ4n) is 4.01. The summed E-state index contributed by atoms with van der Waals surface area (Å²) in [5.41, 5.74) is 3.97. The maximum atomic E-state index is 12.8. The molecule has 0 saturated heterocycles. The molecular formula is C25H27N3O2S. The fourth-order valence-corrected chi connectivity index (χ4v) is 4.63. The van der Waals surface area contributed by atoms with Gasteiger partial charge in [-0.1, -0.05) is 43.3 Å². The summed E-state index contributed by atoms with van der Waals surface area (Å²) in [5, 5.41) is 7.81. The van der Waals surface area contributed by atoms with E-state index >= 15 is 0 Å². The van der Waals surface area contributed by atoms with Gasteiger partial charge in [0, 0.05) is 36.9 Å². The van der Waals surface area contributed by atoms with E-state index in [-0.39, 0.29) is 11.8 Å². The van der Waals surface area contributed by atoms with Crippen molar-refractivity contribution in [2.75, 3.05) is 18.4 Å². The second-order valence-electron chi connectivity index (χ2n) is 7.77. The van der Waals surface area contributed by atoms with E-state index in [0.29, 0.717) is 28.7 Å². The number of amides is 2. The summed E-state index contributed by atoms with van der Waals surface area (Å²) in [6, 6.07) is 19.6. The zero-order valence-corrected chi connectivity index (χ0v) is 18.5. The Morgan fingerprint density at radius 1 is 1.03 bits per heavy atom. The number of hydrogen-bond donors (Lipinski definition) is 2. The number of anilines is 1. The normalized spacial score (nSPS) is 14.5. The van der Waals surface area contributed by atoms with Crippen LogP contribution in [-0.2, 0) is 13.0 Å². The Morgan fingerprint density at radius 3 is 2.65 bits per heavy atom. The molecule has 1 unspecified atom stereocenters. The first kappa shape index (κ1) is 21.3. The lowest BCUT2D eigenvalue weighted by Crippen LogP contribution is -2.45. The van der Waals surface area contributed by atoms with Crippen molar-refractivity contribution >= 4 is 28.8 Å². The molecule has 3 aromatic rings. The summed E-state index contributed by atoms with van der Waals surface area (Å²) < 4.78 is 0. The van der Waals surface area contributed by atoms with Gasteiger partial charge >= 0.3 is 0 Å². The average Bonchev–Trinajstić information content (AvgIpc) is 3.35. The Morgan fingerprint density at radius 2 is 1.87 bits per heavy atom. The summed E-state index contributed by atoms with van der Waals surface area (Å²) >= 11 is 1.39. The Labute approximate surface area is 187 Å². The molecule has 2 aromatic carbocycles. The molecular weight excluding hydrogens is 406 g/mol. The Balaban J connectivity index is 1.35. The lowest BCUT2D eigenvalue weighted by molar-refractivity contribution is 0.0925. The summed E-state index contributed by atoms with van der Waals surface area (Å²) in [5.74, 6) is -0.285. The van der Waals surface area contributed by atoms with Crippen LogP contribution >= 0.6 is 11.3 Å². The molecule has 0 saturated carbocycles. The molecule has 0 aliphatic carbocycles. The largest absolute Gasteiger partial charge is 0.350 e. The fraction of sp³-hybridized carbons (Fsp3) is 0.280. The van der Waals surface area contributed by atoms with Gasteiger partial charge in [0.15, 0.2) is 0 Å². The van der Waals surface area contributed by atoms with Crippen LogP contribution in [0, 0.1) is 0 Å². The van der Waals surface area contributed by atoms with E-state index in [1.807, 2.05) is 11.4 Å². The smallest absolute Gasteiger partial charge is 0.265 e. The van der Waals surface area contributed by atoms with Crippen LogP contribution in [0.5, 0.6) is 0 Å². The van der Waals surface area contributed by atoms with Crippen LogP contribution in [-0.4, -0.2) is 35.8 Å². The zero-order valence-electron chi connectivity index (χ0n) is 17.6. The summed E-state index contributed by atoms with van der Waals surface area (Å²) in [7, 11) is 0. The SMILES string of the molecule is CCC(CNC(=O)c1cccc(NC(=O)c2cccs2)c1)N1CCc2ccccc2C1. The van der Waals surface area contributed by atoms with Crippen LogP contribution < -0.4 is 10.6 Å². The molecule has 2 heterocycles. The third kappa shape index (κ3) is 5.21. The standard InChI is InChI=1S/C25H27N3O2S/c1-2-22(28-13-12-18-7-3-4-8-20(18)17-28)16-26-24(29)19-9-5-10-21(15-19)27-25(30)23-11-6-14-31-23/h3-11,14-15,22H,2,12-13,16-17H2,1H3,(H,26,29)(H,27,30). The number of nitrogens with one attached hydrogen (secondary N) is 2. The first-order chi connectivity index (χ1) is 15.1. The molecule has 0 fully saturated rings. The van der Waals surface area contributed by atoms with Gasteiger partial charge in [-0.15, -0.1) is 11.3 Å². The molecule has 1 aromatic heterocycles. The second-order valence-corrected chi connectivity index (χ2v) is 8.72. The highest BCUT2D eigenvalue weighted by molar-refractivity contribution is 7.12. The van der Waals surface area contributed by atoms with Crippen LogP contribution in [0.3, 0.4) is 0 Å². The maximum Gasteiger partial charge on any atom is 0.265 e. The number of benzene rings is 2. The second kappa shape index (κ2) is 9.90. The molecule has 0 radical (unpaired) electrons. The Kier molecular flexibility index (Phi) is 6.79. The van der Waals surface area contributed by atoms with Crippen molar-refractivity contribution in [1.82, 2.24) is 10.2 Å². The highest BCUT2D eigenvalue weighted by atomic mass is 32.1. The maximum absolute atomic E-state index is 12.8. The van der Waals surface area contributed by atoms with Crippen LogP contribution in [0.15, 0.2) is 66.0 Å². The van der Waals surface area contributed by atoms with E-state index < -0.39 is 0 Å².